The number of carbonyl (C=O) groups is 2. The molecular weight excluding hydrogens is 300 g/mol. The number of benzene rings is 2. The lowest BCUT2D eigenvalue weighted by molar-refractivity contribution is 0.0600. The maximum Gasteiger partial charge on any atom is 0.337 e. The van der Waals surface area contributed by atoms with Crippen molar-refractivity contribution in [2.45, 2.75) is 0 Å². The highest BCUT2D eigenvalue weighted by Gasteiger charge is 2.10. The van der Waals surface area contributed by atoms with Crippen molar-refractivity contribution in [3.63, 3.8) is 0 Å². The zero-order chi connectivity index (χ0) is 16.7. The van der Waals surface area contributed by atoms with Crippen LogP contribution in [0.3, 0.4) is 0 Å². The van der Waals surface area contributed by atoms with Gasteiger partial charge in [0, 0.05) is 5.56 Å². The van der Waals surface area contributed by atoms with Crippen LogP contribution in [0.25, 0.3) is 0 Å². The van der Waals surface area contributed by atoms with Crippen molar-refractivity contribution in [1.29, 1.82) is 0 Å². The third-order valence-corrected chi connectivity index (χ3v) is 2.96. The number of carbonyl (C=O) groups excluding carboxylic acids is 2. The van der Waals surface area contributed by atoms with Crippen LogP contribution >= 0.6 is 0 Å². The van der Waals surface area contributed by atoms with Crippen LogP contribution in [0.5, 0.6) is 17.2 Å². The number of aliphatic hydroxyl groups excluding tert-OH is 1. The van der Waals surface area contributed by atoms with Gasteiger partial charge in [-0.25, -0.2) is 4.79 Å². The van der Waals surface area contributed by atoms with E-state index in [9.17, 15) is 9.59 Å². The molecular formula is C17H16O6. The summed E-state index contributed by atoms with van der Waals surface area (Å²) in [5.41, 5.74) is 0.834. The Morgan fingerprint density at radius 2 is 1.87 bits per heavy atom. The molecule has 0 spiro atoms. The predicted molar refractivity (Wildman–Crippen MR) is 82.3 cm³/mol. The highest BCUT2D eigenvalue weighted by atomic mass is 16.5. The summed E-state index contributed by atoms with van der Waals surface area (Å²) in [6, 6.07) is 11.1. The lowest BCUT2D eigenvalue weighted by Crippen LogP contribution is -2.03. The van der Waals surface area contributed by atoms with Gasteiger partial charge in [0.25, 0.3) is 0 Å². The third kappa shape index (κ3) is 4.31. The van der Waals surface area contributed by atoms with Crippen molar-refractivity contribution in [3.8, 4) is 17.2 Å². The molecule has 0 radical (unpaired) electrons. The average molecular weight is 316 g/mol. The van der Waals surface area contributed by atoms with E-state index in [1.807, 2.05) is 0 Å². The number of methoxy groups -OCH3 is 1. The van der Waals surface area contributed by atoms with Crippen molar-refractivity contribution in [2.75, 3.05) is 20.3 Å². The van der Waals surface area contributed by atoms with E-state index >= 15 is 0 Å². The van der Waals surface area contributed by atoms with Crippen molar-refractivity contribution in [1.82, 2.24) is 0 Å². The zero-order valence-corrected chi connectivity index (χ0v) is 12.5. The second kappa shape index (κ2) is 7.95. The van der Waals surface area contributed by atoms with Gasteiger partial charge in [-0.2, -0.15) is 0 Å². The Morgan fingerprint density at radius 3 is 2.48 bits per heavy atom. The number of hydrogen-bond acceptors (Lipinski definition) is 6. The van der Waals surface area contributed by atoms with E-state index in [4.69, 9.17) is 14.6 Å². The largest absolute Gasteiger partial charge is 0.487 e. The van der Waals surface area contributed by atoms with E-state index in [0.29, 0.717) is 34.7 Å². The summed E-state index contributed by atoms with van der Waals surface area (Å²) in [5, 5.41) is 8.85. The fourth-order valence-electron chi connectivity index (χ4n) is 1.86. The van der Waals surface area contributed by atoms with Gasteiger partial charge in [0.05, 0.1) is 19.3 Å². The maximum absolute atomic E-state index is 11.4. The molecule has 0 unspecified atom stereocenters. The normalized spacial score (nSPS) is 10.0. The van der Waals surface area contributed by atoms with Crippen molar-refractivity contribution < 1.29 is 28.9 Å². The van der Waals surface area contributed by atoms with Gasteiger partial charge in [-0.05, 0) is 42.5 Å². The molecule has 2 aromatic rings. The topological polar surface area (TPSA) is 82.1 Å². The molecule has 0 amide bonds. The minimum absolute atomic E-state index is 0.109. The number of rotatable bonds is 7. The van der Waals surface area contributed by atoms with Gasteiger partial charge in [-0.15, -0.1) is 0 Å². The van der Waals surface area contributed by atoms with Crippen LogP contribution in [0.15, 0.2) is 42.5 Å². The highest BCUT2D eigenvalue weighted by Crippen LogP contribution is 2.32. The Hall–Kier alpha value is -2.86. The number of aldehydes is 1. The zero-order valence-electron chi connectivity index (χ0n) is 12.5. The molecule has 0 heterocycles. The van der Waals surface area contributed by atoms with E-state index in [-0.39, 0.29) is 13.2 Å². The van der Waals surface area contributed by atoms with Crippen molar-refractivity contribution >= 4 is 12.3 Å². The molecule has 2 aromatic carbocycles. The minimum Gasteiger partial charge on any atom is -0.487 e. The van der Waals surface area contributed by atoms with E-state index in [2.05, 4.69) is 4.74 Å². The number of hydrogen-bond donors (Lipinski definition) is 1. The molecule has 6 nitrogen and oxygen atoms in total. The van der Waals surface area contributed by atoms with E-state index in [1.54, 1.807) is 36.4 Å². The van der Waals surface area contributed by atoms with Crippen LogP contribution < -0.4 is 9.47 Å². The van der Waals surface area contributed by atoms with E-state index < -0.39 is 5.97 Å². The number of aliphatic hydroxyl groups is 1. The quantitative estimate of drug-likeness (QED) is 0.624. The van der Waals surface area contributed by atoms with Crippen LogP contribution in [0.2, 0.25) is 0 Å². The van der Waals surface area contributed by atoms with Gasteiger partial charge < -0.3 is 19.3 Å². The summed E-state index contributed by atoms with van der Waals surface area (Å²) in [4.78, 5) is 22.3. The molecule has 0 saturated carbocycles. The molecule has 1 N–H and O–H groups in total. The fraction of sp³-hybridized carbons (Fsp3) is 0.176. The molecule has 0 fully saturated rings. The smallest absolute Gasteiger partial charge is 0.337 e. The first kappa shape index (κ1) is 16.5. The van der Waals surface area contributed by atoms with Crippen LogP contribution in [-0.2, 0) is 4.74 Å². The molecule has 0 saturated heterocycles. The molecule has 6 heteroatoms. The molecule has 0 aliphatic rings. The van der Waals surface area contributed by atoms with Gasteiger partial charge in [-0.1, -0.05) is 0 Å². The van der Waals surface area contributed by atoms with Crippen LogP contribution in [0.4, 0.5) is 0 Å². The van der Waals surface area contributed by atoms with Crippen LogP contribution in [-0.4, -0.2) is 37.7 Å². The molecule has 120 valence electrons. The van der Waals surface area contributed by atoms with Crippen molar-refractivity contribution in [3.05, 3.63) is 53.6 Å². The summed E-state index contributed by atoms with van der Waals surface area (Å²) < 4.78 is 15.7. The second-order valence-corrected chi connectivity index (χ2v) is 4.51. The summed E-state index contributed by atoms with van der Waals surface area (Å²) in [5.74, 6) is 0.775. The molecule has 0 aliphatic carbocycles. The Bertz CT molecular complexity index is 678. The maximum atomic E-state index is 11.4. The van der Waals surface area contributed by atoms with Crippen LogP contribution in [0.1, 0.15) is 20.7 Å². The Balaban J connectivity index is 2.23. The van der Waals surface area contributed by atoms with Gasteiger partial charge in [0.1, 0.15) is 18.6 Å². The first-order valence-corrected chi connectivity index (χ1v) is 6.87. The Kier molecular flexibility index (Phi) is 5.71. The van der Waals surface area contributed by atoms with E-state index in [0.717, 1.165) is 0 Å². The first-order valence-electron chi connectivity index (χ1n) is 6.87. The summed E-state index contributed by atoms with van der Waals surface area (Å²) in [6.45, 7) is -0.0270. The highest BCUT2D eigenvalue weighted by molar-refractivity contribution is 5.89. The minimum atomic E-state index is -0.438. The molecule has 23 heavy (non-hydrogen) atoms. The standard InChI is InChI=1S/C17H16O6/c1-21-17(20)13-3-5-14(6-4-13)23-16-10-12(11-19)2-7-15(16)22-9-8-18/h2-7,10-11,18H,8-9H2,1H3. The van der Waals surface area contributed by atoms with Gasteiger partial charge in [0.15, 0.2) is 11.5 Å². The van der Waals surface area contributed by atoms with Crippen molar-refractivity contribution in [2.24, 2.45) is 0 Å². The molecule has 0 aromatic heterocycles. The van der Waals surface area contributed by atoms with Crippen LogP contribution in [0, 0.1) is 0 Å². The summed E-state index contributed by atoms with van der Waals surface area (Å²) in [6.07, 6.45) is 0.697. The molecule has 0 atom stereocenters. The molecule has 0 aliphatic heterocycles. The average Bonchev–Trinajstić information content (AvgIpc) is 2.60. The SMILES string of the molecule is COC(=O)c1ccc(Oc2cc(C=O)ccc2OCCO)cc1. The Morgan fingerprint density at radius 1 is 1.13 bits per heavy atom. The van der Waals surface area contributed by atoms with Gasteiger partial charge >= 0.3 is 5.97 Å². The monoisotopic (exact) mass is 316 g/mol. The predicted octanol–water partition coefficient (Wildman–Crippen LogP) is 2.45. The van der Waals surface area contributed by atoms with E-state index in [1.165, 1.54) is 13.2 Å². The Labute approximate surface area is 133 Å². The second-order valence-electron chi connectivity index (χ2n) is 4.51. The molecule has 0 bridgehead atoms. The lowest BCUT2D eigenvalue weighted by atomic mass is 10.2. The molecule has 2 rings (SSSR count). The first-order chi connectivity index (χ1) is 11.2. The fourth-order valence-corrected chi connectivity index (χ4v) is 1.86. The van der Waals surface area contributed by atoms with Gasteiger partial charge in [0.2, 0.25) is 0 Å². The summed E-state index contributed by atoms with van der Waals surface area (Å²) >= 11 is 0. The third-order valence-electron chi connectivity index (χ3n) is 2.96. The number of esters is 1. The summed E-state index contributed by atoms with van der Waals surface area (Å²) in [7, 11) is 1.31. The van der Waals surface area contributed by atoms with Gasteiger partial charge in [-0.3, -0.25) is 4.79 Å². The number of ether oxygens (including phenoxy) is 3. The lowest BCUT2D eigenvalue weighted by Gasteiger charge is -2.12.